The maximum Gasteiger partial charge on any atom is 0.414 e. The Hall–Kier alpha value is -3.35. The Kier molecular flexibility index (Phi) is 11.1. The molecule has 33 heavy (non-hydrogen) atoms. The van der Waals surface area contributed by atoms with Crippen molar-refractivity contribution in [2.45, 2.75) is 30.7 Å². The molecule has 1 atom stereocenters. The van der Waals surface area contributed by atoms with E-state index in [0.29, 0.717) is 25.9 Å². The van der Waals surface area contributed by atoms with Gasteiger partial charge in [-0.2, -0.15) is 0 Å². The molecule has 0 aliphatic heterocycles. The van der Waals surface area contributed by atoms with Crippen molar-refractivity contribution in [1.29, 1.82) is 0 Å². The fourth-order valence-corrected chi connectivity index (χ4v) is 3.02. The van der Waals surface area contributed by atoms with Crippen molar-refractivity contribution in [3.8, 4) is 0 Å². The lowest BCUT2D eigenvalue weighted by atomic mass is 10.1. The molecule has 0 aliphatic rings. The second-order valence-corrected chi connectivity index (χ2v) is 8.45. The van der Waals surface area contributed by atoms with Gasteiger partial charge in [-0.3, -0.25) is 4.79 Å². The first-order valence-corrected chi connectivity index (χ1v) is 11.3. The van der Waals surface area contributed by atoms with Crippen LogP contribution in [0.5, 0.6) is 0 Å². The Morgan fingerprint density at radius 2 is 1.36 bits per heavy atom. The predicted molar refractivity (Wildman–Crippen MR) is 117 cm³/mol. The minimum Gasteiger partial charge on any atom is -0.473 e. The van der Waals surface area contributed by atoms with E-state index < -0.39 is 22.0 Å². The smallest absolute Gasteiger partial charge is 0.414 e. The van der Waals surface area contributed by atoms with Crippen LogP contribution < -0.4 is 15.8 Å². The highest BCUT2D eigenvalue weighted by Gasteiger charge is 2.11. The average molecular weight is 484 g/mol. The van der Waals surface area contributed by atoms with Crippen molar-refractivity contribution >= 4 is 27.9 Å². The number of hydrogen-bond donors (Lipinski definition) is 5. The molecule has 0 fully saturated rings. The number of primary sulfonamides is 1. The summed E-state index contributed by atoms with van der Waals surface area (Å²) in [4.78, 5) is 30.3. The summed E-state index contributed by atoms with van der Waals surface area (Å²) in [6.45, 7) is 2.82. The van der Waals surface area contributed by atoms with Crippen molar-refractivity contribution in [3.63, 3.8) is 0 Å². The molecule has 0 heterocycles. The summed E-state index contributed by atoms with van der Waals surface area (Å²) in [5.74, 6) is -4.04. The van der Waals surface area contributed by atoms with Crippen molar-refractivity contribution < 1.29 is 37.4 Å². The third-order valence-corrected chi connectivity index (χ3v) is 5.25. The van der Waals surface area contributed by atoms with Gasteiger partial charge >= 0.3 is 11.9 Å². The van der Waals surface area contributed by atoms with Gasteiger partial charge in [0, 0.05) is 6.54 Å². The van der Waals surface area contributed by atoms with Crippen molar-refractivity contribution in [2.24, 2.45) is 5.14 Å². The predicted octanol–water partition coefficient (Wildman–Crippen LogP) is 0.508. The number of nitrogens with two attached hydrogens (primary N) is 1. The molecule has 1 unspecified atom stereocenters. The Balaban J connectivity index is 0.000000801. The van der Waals surface area contributed by atoms with Crippen LogP contribution in [0.25, 0.3) is 0 Å². The van der Waals surface area contributed by atoms with E-state index in [0.717, 1.165) is 11.1 Å². The zero-order valence-electron chi connectivity index (χ0n) is 17.8. The van der Waals surface area contributed by atoms with Crippen LogP contribution in [0.2, 0.25) is 0 Å². The summed E-state index contributed by atoms with van der Waals surface area (Å²) in [5.41, 5.74) is 1.90. The first-order chi connectivity index (χ1) is 15.4. The van der Waals surface area contributed by atoms with Crippen LogP contribution in [0.1, 0.15) is 18.1 Å². The molecule has 0 aliphatic carbocycles. The molecule has 2 aromatic carbocycles. The molecule has 0 aromatic heterocycles. The first kappa shape index (κ1) is 27.7. The standard InChI is InChI=1S/C19H24FN3O3S.C2H2O4/c1-14(19(24)23-13-11-15-2-6-17(20)7-3-15)22-12-10-16-4-8-18(9-5-16)27(21,25)26;3-1(4)2(5)6/h2-9,14,22H,10-13H2,1H3,(H,23,24)(H2,21,25,26);(H,3,4)(H,5,6). The molecule has 180 valence electrons. The van der Waals surface area contributed by atoms with Gasteiger partial charge in [0.25, 0.3) is 0 Å². The highest BCUT2D eigenvalue weighted by Crippen LogP contribution is 2.09. The topological polar surface area (TPSA) is 176 Å². The van der Waals surface area contributed by atoms with Gasteiger partial charge in [0.2, 0.25) is 15.9 Å². The lowest BCUT2D eigenvalue weighted by molar-refractivity contribution is -0.159. The van der Waals surface area contributed by atoms with Crippen LogP contribution in [0.15, 0.2) is 53.4 Å². The van der Waals surface area contributed by atoms with Crippen LogP contribution in [0, 0.1) is 5.82 Å². The molecule has 0 bridgehead atoms. The highest BCUT2D eigenvalue weighted by atomic mass is 32.2. The quantitative estimate of drug-likeness (QED) is 0.320. The van der Waals surface area contributed by atoms with Crippen LogP contribution in [0.3, 0.4) is 0 Å². The van der Waals surface area contributed by atoms with Crippen LogP contribution >= 0.6 is 0 Å². The molecule has 2 aromatic rings. The van der Waals surface area contributed by atoms with E-state index in [2.05, 4.69) is 10.6 Å². The minimum atomic E-state index is -3.68. The van der Waals surface area contributed by atoms with Crippen molar-refractivity contribution in [2.75, 3.05) is 13.1 Å². The Labute approximate surface area is 190 Å². The first-order valence-electron chi connectivity index (χ1n) is 9.73. The number of aliphatic carboxylic acids is 2. The van der Waals surface area contributed by atoms with Gasteiger partial charge in [-0.1, -0.05) is 24.3 Å². The second-order valence-electron chi connectivity index (χ2n) is 6.89. The number of halogens is 1. The summed E-state index contributed by atoms with van der Waals surface area (Å²) in [6.07, 6.45) is 1.28. The summed E-state index contributed by atoms with van der Waals surface area (Å²) < 4.78 is 35.3. The Morgan fingerprint density at radius 3 is 1.82 bits per heavy atom. The molecule has 0 saturated heterocycles. The number of carboxylic acid groups (broad SMARTS) is 2. The normalized spacial score (nSPS) is 11.6. The van der Waals surface area contributed by atoms with Gasteiger partial charge in [-0.25, -0.2) is 27.5 Å². The number of sulfonamides is 1. The van der Waals surface area contributed by atoms with E-state index in [9.17, 15) is 17.6 Å². The number of amides is 1. The van der Waals surface area contributed by atoms with Gasteiger partial charge in [0.05, 0.1) is 10.9 Å². The average Bonchev–Trinajstić information content (AvgIpc) is 2.75. The molecule has 12 heteroatoms. The van der Waals surface area contributed by atoms with Gasteiger partial charge in [-0.15, -0.1) is 0 Å². The molecule has 0 spiro atoms. The van der Waals surface area contributed by atoms with E-state index in [1.54, 1.807) is 31.2 Å². The Morgan fingerprint density at radius 1 is 0.909 bits per heavy atom. The number of nitrogens with one attached hydrogen (secondary N) is 2. The monoisotopic (exact) mass is 483 g/mol. The van der Waals surface area contributed by atoms with Crippen LogP contribution in [-0.4, -0.2) is 55.6 Å². The van der Waals surface area contributed by atoms with Gasteiger partial charge in [0.15, 0.2) is 0 Å². The summed E-state index contributed by atoms with van der Waals surface area (Å²) in [6, 6.07) is 12.2. The highest BCUT2D eigenvalue weighted by molar-refractivity contribution is 7.89. The fraction of sp³-hybridized carbons (Fsp3) is 0.286. The molecule has 1 amide bonds. The number of benzene rings is 2. The fourth-order valence-electron chi connectivity index (χ4n) is 2.51. The number of carbonyl (C=O) groups excluding carboxylic acids is 1. The number of carbonyl (C=O) groups is 3. The molecule has 0 radical (unpaired) electrons. The molecule has 2 rings (SSSR count). The van der Waals surface area contributed by atoms with Crippen molar-refractivity contribution in [1.82, 2.24) is 10.6 Å². The maximum atomic E-state index is 12.8. The van der Waals surface area contributed by atoms with E-state index in [4.69, 9.17) is 24.9 Å². The van der Waals surface area contributed by atoms with Gasteiger partial charge in [0.1, 0.15) is 5.82 Å². The summed E-state index contributed by atoms with van der Waals surface area (Å²) in [5, 5.41) is 25.8. The minimum absolute atomic E-state index is 0.0770. The van der Waals surface area contributed by atoms with E-state index in [1.165, 1.54) is 24.3 Å². The SMILES string of the molecule is CC(NCCc1ccc(S(N)(=O)=O)cc1)C(=O)NCCc1ccc(F)cc1.O=C(O)C(=O)O. The summed E-state index contributed by atoms with van der Waals surface area (Å²) in [7, 11) is -3.68. The third kappa shape index (κ3) is 11.2. The van der Waals surface area contributed by atoms with E-state index in [-0.39, 0.29) is 22.7 Å². The zero-order valence-corrected chi connectivity index (χ0v) is 18.6. The van der Waals surface area contributed by atoms with Crippen LogP contribution in [-0.2, 0) is 37.2 Å². The number of hydrogen-bond acceptors (Lipinski definition) is 6. The molecule has 0 saturated carbocycles. The molecular formula is C21H26FN3O7S. The van der Waals surface area contributed by atoms with Gasteiger partial charge in [-0.05, 0) is 61.7 Å². The lowest BCUT2D eigenvalue weighted by Crippen LogP contribution is -2.43. The third-order valence-electron chi connectivity index (χ3n) is 4.32. The molecular weight excluding hydrogens is 457 g/mol. The van der Waals surface area contributed by atoms with Gasteiger partial charge < -0.3 is 20.8 Å². The molecule has 10 nitrogen and oxygen atoms in total. The maximum absolute atomic E-state index is 12.8. The Bertz CT molecular complexity index is 1030. The van der Waals surface area contributed by atoms with E-state index in [1.807, 2.05) is 0 Å². The summed E-state index contributed by atoms with van der Waals surface area (Å²) >= 11 is 0. The van der Waals surface area contributed by atoms with Crippen LogP contribution in [0.4, 0.5) is 4.39 Å². The zero-order chi connectivity index (χ0) is 25.0. The van der Waals surface area contributed by atoms with Crippen molar-refractivity contribution in [3.05, 3.63) is 65.5 Å². The number of carboxylic acids is 2. The lowest BCUT2D eigenvalue weighted by Gasteiger charge is -2.14. The molecule has 6 N–H and O–H groups in total. The van der Waals surface area contributed by atoms with E-state index >= 15 is 0 Å². The number of rotatable bonds is 9. The largest absolute Gasteiger partial charge is 0.473 e. The second kappa shape index (κ2) is 13.3.